The Hall–Kier alpha value is -1.22. The van der Waals surface area contributed by atoms with Crippen LogP contribution in [-0.2, 0) is 0 Å². The van der Waals surface area contributed by atoms with Crippen molar-refractivity contribution in [3.8, 4) is 0 Å². The van der Waals surface area contributed by atoms with Crippen LogP contribution in [0.1, 0.15) is 13.8 Å². The Labute approximate surface area is 168 Å². The molecule has 134 valence electrons. The van der Waals surface area contributed by atoms with Gasteiger partial charge in [0.1, 0.15) is 10.1 Å². The number of hydrogen-bond acceptors (Lipinski definition) is 6. The van der Waals surface area contributed by atoms with Crippen molar-refractivity contribution in [2.24, 2.45) is 0 Å². The van der Waals surface area contributed by atoms with E-state index in [1.807, 2.05) is 33.6 Å². The van der Waals surface area contributed by atoms with Gasteiger partial charge in [-0.25, -0.2) is 9.03 Å². The zero-order valence-corrected chi connectivity index (χ0v) is 17.7. The number of thioether (sulfide) groups is 2. The van der Waals surface area contributed by atoms with Gasteiger partial charge in [-0.05, 0) is 57.4 Å². The molecule has 0 radical (unpaired) electrons. The lowest BCUT2D eigenvalue weighted by Crippen LogP contribution is -1.83. The molecule has 0 aliphatic heterocycles. The van der Waals surface area contributed by atoms with Crippen LogP contribution in [0.3, 0.4) is 0 Å². The monoisotopic (exact) mass is 418 g/mol. The second kappa shape index (κ2) is 8.21. The smallest absolute Gasteiger partial charge is 0.134 e. The van der Waals surface area contributed by atoms with Gasteiger partial charge in [-0.15, -0.1) is 23.5 Å². The fourth-order valence-corrected chi connectivity index (χ4v) is 7.21. The van der Waals surface area contributed by atoms with Gasteiger partial charge in [0.2, 0.25) is 0 Å². The molecule has 4 nitrogen and oxygen atoms in total. The molecule has 0 saturated heterocycles. The lowest BCUT2D eigenvalue weighted by Gasteiger charge is -2.03. The largest absolute Gasteiger partial charge is 0.239 e. The first-order valence-corrected chi connectivity index (χ1v) is 12.5. The summed E-state index contributed by atoms with van der Waals surface area (Å²) in [5, 5.41) is 11.7. The summed E-state index contributed by atoms with van der Waals surface area (Å²) in [6.45, 7) is 4.33. The third-order valence-electron chi connectivity index (χ3n) is 3.70. The molecule has 0 aromatic carbocycles. The normalized spacial score (nSPS) is 11.6. The first kappa shape index (κ1) is 18.2. The predicted octanol–water partition coefficient (Wildman–Crippen LogP) is 6.01. The highest BCUT2D eigenvalue weighted by atomic mass is 33.1. The van der Waals surface area contributed by atoms with Crippen molar-refractivity contribution < 1.29 is 0 Å². The van der Waals surface area contributed by atoms with Crippen LogP contribution in [0.15, 0.2) is 68.6 Å². The highest BCUT2D eigenvalue weighted by Gasteiger charge is 2.18. The second-order valence-electron chi connectivity index (χ2n) is 5.36. The van der Waals surface area contributed by atoms with Crippen LogP contribution in [0.5, 0.6) is 0 Å². The molecule has 0 amide bonds. The van der Waals surface area contributed by atoms with Crippen molar-refractivity contribution in [2.45, 2.75) is 33.7 Å². The maximum absolute atomic E-state index is 4.74. The Bertz CT molecular complexity index is 956. The molecule has 8 heteroatoms. The molecule has 0 fully saturated rings. The fourth-order valence-electron chi connectivity index (χ4n) is 2.61. The Balaban J connectivity index is 1.71. The van der Waals surface area contributed by atoms with E-state index >= 15 is 0 Å². The summed E-state index contributed by atoms with van der Waals surface area (Å²) in [5.74, 6) is 2.02. The number of hydrogen-bond donors (Lipinski definition) is 0. The van der Waals surface area contributed by atoms with Crippen molar-refractivity contribution in [2.75, 3.05) is 11.5 Å². The Morgan fingerprint density at radius 2 is 1.19 bits per heavy atom. The zero-order chi connectivity index (χ0) is 17.9. The first-order valence-electron chi connectivity index (χ1n) is 8.36. The molecular formula is C18H18N4S4. The van der Waals surface area contributed by atoms with E-state index in [2.05, 4.69) is 38.1 Å². The molecule has 0 unspecified atom stereocenters. The van der Waals surface area contributed by atoms with Crippen LogP contribution in [0.4, 0.5) is 0 Å². The van der Waals surface area contributed by atoms with Gasteiger partial charge in [0.25, 0.3) is 0 Å². The molecule has 26 heavy (non-hydrogen) atoms. The molecule has 0 N–H and O–H groups in total. The Morgan fingerprint density at radius 1 is 0.731 bits per heavy atom. The number of aromatic nitrogens is 4. The topological polar surface area (TPSA) is 34.6 Å². The second-order valence-corrected chi connectivity index (χ2v) is 10.0. The van der Waals surface area contributed by atoms with Crippen LogP contribution in [-0.4, -0.2) is 30.7 Å². The summed E-state index contributed by atoms with van der Waals surface area (Å²) in [6.07, 6.45) is 4.02. The molecule has 4 heterocycles. The van der Waals surface area contributed by atoms with E-state index in [0.717, 1.165) is 32.6 Å². The predicted molar refractivity (Wildman–Crippen MR) is 115 cm³/mol. The van der Waals surface area contributed by atoms with E-state index in [4.69, 9.17) is 10.2 Å². The lowest BCUT2D eigenvalue weighted by atomic mass is 10.4. The maximum atomic E-state index is 4.74. The van der Waals surface area contributed by atoms with Crippen molar-refractivity contribution in [3.63, 3.8) is 0 Å². The molecule has 0 aliphatic carbocycles. The average Bonchev–Trinajstić information content (AvgIpc) is 3.18. The Morgan fingerprint density at radius 3 is 1.62 bits per heavy atom. The van der Waals surface area contributed by atoms with E-state index in [9.17, 15) is 0 Å². The van der Waals surface area contributed by atoms with E-state index in [1.54, 1.807) is 45.1 Å². The standard InChI is InChI=1S/C18H18N4S4/c1-3-23-17-15(13-9-5-7-11-21(13)19-17)25-26-16-14-10-6-8-12-22(14)20-18(16)24-4-2/h5-12H,3-4H2,1-2H3. The highest BCUT2D eigenvalue weighted by molar-refractivity contribution is 8.76. The van der Waals surface area contributed by atoms with Crippen LogP contribution >= 0.6 is 45.1 Å². The van der Waals surface area contributed by atoms with Gasteiger partial charge < -0.3 is 0 Å². The average molecular weight is 419 g/mol. The maximum Gasteiger partial charge on any atom is 0.134 e. The quantitative estimate of drug-likeness (QED) is 0.270. The van der Waals surface area contributed by atoms with Gasteiger partial charge in [0.15, 0.2) is 0 Å². The van der Waals surface area contributed by atoms with Crippen molar-refractivity contribution in [1.82, 2.24) is 19.2 Å². The van der Waals surface area contributed by atoms with Crippen LogP contribution in [0.25, 0.3) is 11.0 Å². The molecule has 4 rings (SSSR count). The summed E-state index contributed by atoms with van der Waals surface area (Å²) in [4.78, 5) is 2.45. The van der Waals surface area contributed by atoms with E-state index < -0.39 is 0 Å². The van der Waals surface area contributed by atoms with E-state index in [1.165, 1.54) is 9.79 Å². The van der Waals surface area contributed by atoms with Crippen LogP contribution in [0.2, 0.25) is 0 Å². The summed E-state index contributed by atoms with van der Waals surface area (Å²) in [6, 6.07) is 12.4. The summed E-state index contributed by atoms with van der Waals surface area (Å²) in [7, 11) is 3.56. The van der Waals surface area contributed by atoms with Gasteiger partial charge in [-0.1, -0.05) is 26.0 Å². The third kappa shape index (κ3) is 3.47. The number of nitrogens with zero attached hydrogens (tertiary/aromatic N) is 4. The SMILES string of the molecule is CCSc1nn2ccccc2c1SSc1c(SCC)nn2ccccc12. The molecule has 0 saturated carbocycles. The minimum atomic E-state index is 1.01. The summed E-state index contributed by atoms with van der Waals surface area (Å²) >= 11 is 3.58. The minimum Gasteiger partial charge on any atom is -0.239 e. The number of pyridine rings is 2. The summed E-state index contributed by atoms with van der Waals surface area (Å²) in [5.41, 5.74) is 2.31. The van der Waals surface area contributed by atoms with Gasteiger partial charge >= 0.3 is 0 Å². The molecular weight excluding hydrogens is 400 g/mol. The Kier molecular flexibility index (Phi) is 5.73. The van der Waals surface area contributed by atoms with Gasteiger partial charge in [-0.2, -0.15) is 10.2 Å². The molecule has 0 bridgehead atoms. The van der Waals surface area contributed by atoms with Crippen LogP contribution < -0.4 is 0 Å². The molecule has 4 aromatic heterocycles. The summed E-state index contributed by atoms with van der Waals surface area (Å²) < 4.78 is 3.94. The molecule has 4 aromatic rings. The fraction of sp³-hybridized carbons (Fsp3) is 0.222. The lowest BCUT2D eigenvalue weighted by molar-refractivity contribution is 0.894. The highest BCUT2D eigenvalue weighted by Crippen LogP contribution is 2.47. The minimum absolute atomic E-state index is 1.01. The van der Waals surface area contributed by atoms with E-state index in [0.29, 0.717) is 0 Å². The number of fused-ring (bicyclic) bond motifs is 2. The molecule has 0 atom stereocenters. The van der Waals surface area contributed by atoms with Crippen molar-refractivity contribution >= 4 is 56.1 Å². The van der Waals surface area contributed by atoms with Gasteiger partial charge in [0.05, 0.1) is 20.8 Å². The third-order valence-corrected chi connectivity index (χ3v) is 8.13. The van der Waals surface area contributed by atoms with Gasteiger partial charge in [0, 0.05) is 12.4 Å². The number of rotatable bonds is 7. The van der Waals surface area contributed by atoms with Crippen LogP contribution in [0, 0.1) is 0 Å². The molecule has 0 aliphatic rings. The van der Waals surface area contributed by atoms with Crippen molar-refractivity contribution in [1.29, 1.82) is 0 Å². The van der Waals surface area contributed by atoms with Crippen molar-refractivity contribution in [3.05, 3.63) is 48.8 Å². The van der Waals surface area contributed by atoms with Gasteiger partial charge in [-0.3, -0.25) is 0 Å². The molecule has 0 spiro atoms. The van der Waals surface area contributed by atoms with E-state index in [-0.39, 0.29) is 0 Å². The zero-order valence-electron chi connectivity index (χ0n) is 14.5. The first-order chi connectivity index (χ1) is 12.8.